The molecule has 0 fully saturated rings. The maximum atomic E-state index is 10.6. The van der Waals surface area contributed by atoms with E-state index in [9.17, 15) is 5.11 Å². The molecule has 2 aromatic heterocycles. The van der Waals surface area contributed by atoms with E-state index in [4.69, 9.17) is 23.2 Å². The molecule has 1 atom stereocenters. The average molecular weight is 374 g/mol. The number of imidazole rings is 1. The highest BCUT2D eigenvalue weighted by molar-refractivity contribution is 6.33. The minimum absolute atomic E-state index is 0.473. The van der Waals surface area contributed by atoms with Gasteiger partial charge in [-0.3, -0.25) is 0 Å². The van der Waals surface area contributed by atoms with E-state index in [2.05, 4.69) is 9.55 Å². The molecule has 0 bridgehead atoms. The van der Waals surface area contributed by atoms with Gasteiger partial charge in [-0.15, -0.1) is 0 Å². The van der Waals surface area contributed by atoms with Crippen molar-refractivity contribution in [3.8, 4) is 0 Å². The monoisotopic (exact) mass is 373 g/mol. The van der Waals surface area contributed by atoms with Gasteiger partial charge in [0.15, 0.2) is 0 Å². The molecule has 4 nitrogen and oxygen atoms in total. The zero-order valence-electron chi connectivity index (χ0n) is 13.7. The van der Waals surface area contributed by atoms with Gasteiger partial charge in [-0.2, -0.15) is 0 Å². The van der Waals surface area contributed by atoms with E-state index in [0.29, 0.717) is 23.1 Å². The van der Waals surface area contributed by atoms with E-state index in [-0.39, 0.29) is 0 Å². The Balaban J connectivity index is 1.78. The maximum Gasteiger partial charge on any atom is 0.105 e. The smallest absolute Gasteiger partial charge is 0.105 e. The lowest BCUT2D eigenvalue weighted by Gasteiger charge is -2.15. The number of nitrogens with zero attached hydrogens (tertiary/aromatic N) is 3. The van der Waals surface area contributed by atoms with Crippen LogP contribution in [0.4, 0.5) is 0 Å². The third-order valence-electron chi connectivity index (χ3n) is 4.51. The lowest BCUT2D eigenvalue weighted by Crippen LogP contribution is -2.22. The fourth-order valence-electron chi connectivity index (χ4n) is 3.34. The Hall–Kier alpha value is -2.01. The van der Waals surface area contributed by atoms with Crippen LogP contribution in [0.5, 0.6) is 0 Å². The van der Waals surface area contributed by atoms with Crippen molar-refractivity contribution >= 4 is 45.0 Å². The number of halogens is 2. The first-order valence-corrected chi connectivity index (χ1v) is 8.81. The van der Waals surface area contributed by atoms with Gasteiger partial charge in [0.25, 0.3) is 0 Å². The van der Waals surface area contributed by atoms with Crippen LogP contribution >= 0.6 is 23.2 Å². The number of fused-ring (bicyclic) bond motifs is 3. The quantitative estimate of drug-likeness (QED) is 0.564. The molecule has 0 aliphatic heterocycles. The van der Waals surface area contributed by atoms with E-state index < -0.39 is 6.10 Å². The van der Waals surface area contributed by atoms with Crippen molar-refractivity contribution in [1.29, 1.82) is 0 Å². The molecule has 0 aliphatic rings. The molecule has 25 heavy (non-hydrogen) atoms. The number of benzene rings is 2. The van der Waals surface area contributed by atoms with Crippen molar-refractivity contribution in [3.63, 3.8) is 0 Å². The van der Waals surface area contributed by atoms with E-state index in [0.717, 1.165) is 27.6 Å². The number of aliphatic hydroxyl groups is 1. The highest BCUT2D eigenvalue weighted by Gasteiger charge is 2.15. The van der Waals surface area contributed by atoms with Gasteiger partial charge in [-0.05, 0) is 43.3 Å². The van der Waals surface area contributed by atoms with Crippen LogP contribution in [-0.2, 0) is 13.1 Å². The second-order valence-electron chi connectivity index (χ2n) is 6.21. The van der Waals surface area contributed by atoms with Crippen molar-refractivity contribution in [1.82, 2.24) is 14.1 Å². The molecular weight excluding hydrogens is 357 g/mol. The average Bonchev–Trinajstić information content (AvgIpc) is 3.10. The normalized spacial score (nSPS) is 13.0. The van der Waals surface area contributed by atoms with Crippen molar-refractivity contribution < 1.29 is 5.11 Å². The van der Waals surface area contributed by atoms with Gasteiger partial charge < -0.3 is 14.2 Å². The van der Waals surface area contributed by atoms with Crippen LogP contribution in [0.1, 0.15) is 5.82 Å². The Labute approximate surface area is 155 Å². The summed E-state index contributed by atoms with van der Waals surface area (Å²) in [6, 6.07) is 11.6. The van der Waals surface area contributed by atoms with Crippen LogP contribution in [0.25, 0.3) is 21.8 Å². The highest BCUT2D eigenvalue weighted by atomic mass is 35.5. The van der Waals surface area contributed by atoms with Crippen LogP contribution in [-0.4, -0.2) is 25.3 Å². The number of aliphatic hydroxyl groups excluding tert-OH is 1. The molecule has 0 saturated carbocycles. The molecule has 1 N–H and O–H groups in total. The molecule has 0 aliphatic carbocycles. The first-order valence-electron chi connectivity index (χ1n) is 8.06. The number of rotatable bonds is 4. The highest BCUT2D eigenvalue weighted by Crippen LogP contribution is 2.33. The second kappa shape index (κ2) is 6.37. The largest absolute Gasteiger partial charge is 0.389 e. The van der Waals surface area contributed by atoms with Crippen LogP contribution in [0, 0.1) is 6.92 Å². The van der Waals surface area contributed by atoms with Gasteiger partial charge in [0, 0.05) is 44.2 Å². The molecule has 0 amide bonds. The first-order chi connectivity index (χ1) is 12.0. The third kappa shape index (κ3) is 3.01. The number of aryl methyl sites for hydroxylation is 1. The summed E-state index contributed by atoms with van der Waals surface area (Å²) in [5.41, 5.74) is 2.06. The SMILES string of the molecule is Cc1nccn1C[C@H](O)Cn1c2ccc(Cl)cc2c2cc(Cl)ccc21. The predicted molar refractivity (Wildman–Crippen MR) is 102 cm³/mol. The summed E-state index contributed by atoms with van der Waals surface area (Å²) in [5, 5.41) is 14.1. The van der Waals surface area contributed by atoms with Crippen LogP contribution in [0.3, 0.4) is 0 Å². The van der Waals surface area contributed by atoms with E-state index in [1.807, 2.05) is 54.1 Å². The molecule has 4 rings (SSSR count). The fourth-order valence-corrected chi connectivity index (χ4v) is 3.68. The van der Waals surface area contributed by atoms with Gasteiger partial charge in [0.1, 0.15) is 5.82 Å². The Morgan fingerprint density at radius 2 is 1.60 bits per heavy atom. The minimum atomic E-state index is -0.543. The Morgan fingerprint density at radius 3 is 2.12 bits per heavy atom. The van der Waals surface area contributed by atoms with E-state index in [1.165, 1.54) is 0 Å². The number of hydrogen-bond acceptors (Lipinski definition) is 2. The van der Waals surface area contributed by atoms with E-state index >= 15 is 0 Å². The summed E-state index contributed by atoms with van der Waals surface area (Å²) >= 11 is 12.4. The molecule has 0 radical (unpaired) electrons. The van der Waals surface area contributed by atoms with Gasteiger partial charge in [-0.1, -0.05) is 23.2 Å². The fraction of sp³-hybridized carbons (Fsp3) is 0.211. The lowest BCUT2D eigenvalue weighted by atomic mass is 10.1. The molecule has 0 spiro atoms. The Kier molecular flexibility index (Phi) is 4.20. The molecule has 4 aromatic rings. The van der Waals surface area contributed by atoms with Crippen LogP contribution in [0.15, 0.2) is 48.8 Å². The molecule has 0 unspecified atom stereocenters. The molecule has 2 heterocycles. The van der Waals surface area contributed by atoms with Gasteiger partial charge >= 0.3 is 0 Å². The number of aromatic nitrogens is 3. The minimum Gasteiger partial charge on any atom is -0.389 e. The lowest BCUT2D eigenvalue weighted by molar-refractivity contribution is 0.136. The summed E-state index contributed by atoms with van der Waals surface area (Å²) in [5.74, 6) is 0.889. The summed E-state index contributed by atoms with van der Waals surface area (Å²) in [4.78, 5) is 4.20. The standard InChI is InChI=1S/C19H17Cl2N3O/c1-12-22-6-7-23(12)10-15(25)11-24-18-4-2-13(20)8-16(18)17-9-14(21)3-5-19(17)24/h2-9,15,25H,10-11H2,1H3/t15-/m0/s1. The zero-order chi connectivity index (χ0) is 17.6. The van der Waals surface area contributed by atoms with Gasteiger partial charge in [0.2, 0.25) is 0 Å². The third-order valence-corrected chi connectivity index (χ3v) is 4.98. The first kappa shape index (κ1) is 16.5. The van der Waals surface area contributed by atoms with Crippen LogP contribution in [0.2, 0.25) is 10.0 Å². The van der Waals surface area contributed by atoms with Crippen LogP contribution < -0.4 is 0 Å². The van der Waals surface area contributed by atoms with Crippen molar-refractivity contribution in [2.45, 2.75) is 26.1 Å². The van der Waals surface area contributed by atoms with Crippen molar-refractivity contribution in [3.05, 3.63) is 64.7 Å². The summed E-state index contributed by atoms with van der Waals surface area (Å²) in [7, 11) is 0. The molecule has 128 valence electrons. The van der Waals surface area contributed by atoms with Crippen molar-refractivity contribution in [2.24, 2.45) is 0 Å². The number of hydrogen-bond donors (Lipinski definition) is 1. The Bertz CT molecular complexity index is 1010. The summed E-state index contributed by atoms with van der Waals surface area (Å²) < 4.78 is 4.07. The van der Waals surface area contributed by atoms with Gasteiger partial charge in [-0.25, -0.2) is 4.98 Å². The topological polar surface area (TPSA) is 43.0 Å². The zero-order valence-corrected chi connectivity index (χ0v) is 15.2. The molecular formula is C19H17Cl2N3O. The molecule has 0 saturated heterocycles. The maximum absolute atomic E-state index is 10.6. The van der Waals surface area contributed by atoms with Gasteiger partial charge in [0.05, 0.1) is 19.2 Å². The summed E-state index contributed by atoms with van der Waals surface area (Å²) in [6.45, 7) is 2.90. The van der Waals surface area contributed by atoms with E-state index in [1.54, 1.807) is 6.20 Å². The summed E-state index contributed by atoms with van der Waals surface area (Å²) in [6.07, 6.45) is 3.08. The predicted octanol–water partition coefficient (Wildman–Crippen LogP) is 4.67. The molecule has 2 aromatic carbocycles. The van der Waals surface area contributed by atoms with Crippen molar-refractivity contribution in [2.75, 3.05) is 0 Å². The second-order valence-corrected chi connectivity index (χ2v) is 7.09. The molecule has 6 heteroatoms. The Morgan fingerprint density at radius 1 is 1.00 bits per heavy atom.